The number of carbonyl (C=O) groups excluding carboxylic acids is 1. The third kappa shape index (κ3) is 5.68. The van der Waals surface area contributed by atoms with Gasteiger partial charge < -0.3 is 14.8 Å². The van der Waals surface area contributed by atoms with Crippen LogP contribution in [-0.4, -0.2) is 22.3 Å². The minimum atomic E-state index is -3.00. The fraction of sp³-hybridized carbons (Fsp3) is 0.158. The largest absolute Gasteiger partial charge is 0.470 e. The molecule has 2 aromatic carbocycles. The second-order valence-electron chi connectivity index (χ2n) is 5.92. The van der Waals surface area contributed by atoms with Crippen molar-refractivity contribution < 1.29 is 23.0 Å². The summed E-state index contributed by atoms with van der Waals surface area (Å²) in [5.74, 6) is -0.132. The summed E-state index contributed by atoms with van der Waals surface area (Å²) in [7, 11) is 0. The summed E-state index contributed by atoms with van der Waals surface area (Å²) in [6, 6.07) is 11.1. The number of rotatable bonds is 7. The van der Waals surface area contributed by atoms with Crippen molar-refractivity contribution in [2.45, 2.75) is 20.3 Å². The van der Waals surface area contributed by atoms with Crippen molar-refractivity contribution in [1.82, 2.24) is 9.78 Å². The third-order valence-corrected chi connectivity index (χ3v) is 4.58. The van der Waals surface area contributed by atoms with Crippen molar-refractivity contribution in [3.05, 3.63) is 69.4 Å². The van der Waals surface area contributed by atoms with Gasteiger partial charge in [-0.3, -0.25) is 4.79 Å². The number of alkyl halides is 2. The van der Waals surface area contributed by atoms with Gasteiger partial charge in [-0.2, -0.15) is 13.9 Å². The first-order valence-corrected chi connectivity index (χ1v) is 9.47. The van der Waals surface area contributed by atoms with E-state index in [1.165, 1.54) is 22.9 Å². The van der Waals surface area contributed by atoms with Crippen LogP contribution in [0, 0.1) is 6.92 Å². The lowest BCUT2D eigenvalue weighted by molar-refractivity contribution is -0.0494. The highest BCUT2D eigenvalue weighted by Gasteiger charge is 2.15. The minimum Gasteiger partial charge on any atom is -0.470 e. The number of nitrogens with one attached hydrogen (secondary N) is 1. The van der Waals surface area contributed by atoms with Gasteiger partial charge in [-0.15, -0.1) is 0 Å². The first kappa shape index (κ1) is 21.1. The second-order valence-corrected chi connectivity index (χ2v) is 7.21. The van der Waals surface area contributed by atoms with Crippen LogP contribution in [0.5, 0.6) is 11.5 Å². The maximum Gasteiger partial charge on any atom is 0.387 e. The molecule has 0 saturated heterocycles. The lowest BCUT2D eigenvalue weighted by atomic mass is 10.2. The summed E-state index contributed by atoms with van der Waals surface area (Å²) >= 11 is 9.23. The quantitative estimate of drug-likeness (QED) is 0.479. The Morgan fingerprint density at radius 2 is 2.03 bits per heavy atom. The van der Waals surface area contributed by atoms with Gasteiger partial charge in [-0.1, -0.05) is 17.7 Å². The van der Waals surface area contributed by atoms with Gasteiger partial charge in [0.25, 0.3) is 5.91 Å². The van der Waals surface area contributed by atoms with E-state index in [9.17, 15) is 13.6 Å². The Labute approximate surface area is 178 Å². The van der Waals surface area contributed by atoms with Crippen LogP contribution in [0.15, 0.2) is 53.1 Å². The van der Waals surface area contributed by atoms with E-state index >= 15 is 0 Å². The number of hydrogen-bond donors (Lipinski definition) is 1. The summed E-state index contributed by atoms with van der Waals surface area (Å²) in [6.45, 7) is -1.22. The topological polar surface area (TPSA) is 65.4 Å². The second kappa shape index (κ2) is 9.23. The Morgan fingerprint density at radius 1 is 1.24 bits per heavy atom. The third-order valence-electron chi connectivity index (χ3n) is 3.72. The normalized spacial score (nSPS) is 10.8. The number of halogens is 4. The van der Waals surface area contributed by atoms with Crippen LogP contribution in [0.4, 0.5) is 14.5 Å². The molecule has 1 aromatic heterocycles. The van der Waals surface area contributed by atoms with E-state index in [-0.39, 0.29) is 23.9 Å². The Bertz CT molecular complexity index is 1030. The van der Waals surface area contributed by atoms with E-state index in [1.807, 2.05) is 0 Å². The molecule has 0 aliphatic carbocycles. The van der Waals surface area contributed by atoms with Crippen molar-refractivity contribution in [2.24, 2.45) is 0 Å². The number of ether oxygens (including phenoxy) is 2. The van der Waals surface area contributed by atoms with E-state index in [0.29, 0.717) is 20.8 Å². The number of aryl methyl sites for hydroxylation is 1. The van der Waals surface area contributed by atoms with Crippen molar-refractivity contribution in [1.29, 1.82) is 0 Å². The van der Waals surface area contributed by atoms with Crippen molar-refractivity contribution in [3.8, 4) is 11.5 Å². The standard InChI is InChI=1S/C19H15BrClF2N3O3/c1-11-2-4-14(17(8-11)29-19(22)23)24-18(27)15-6-7-26(25-15)10-28-16-5-3-12(21)9-13(16)20/h2-9,19H,10H2,1H3,(H,24,27). The number of carbonyl (C=O) groups is 1. The first-order chi connectivity index (χ1) is 13.8. The molecule has 0 aliphatic rings. The van der Waals surface area contributed by atoms with Gasteiger partial charge in [-0.05, 0) is 64.8 Å². The molecule has 29 heavy (non-hydrogen) atoms. The smallest absolute Gasteiger partial charge is 0.387 e. The summed E-state index contributed by atoms with van der Waals surface area (Å²) in [5, 5.41) is 7.22. The average Bonchev–Trinajstić information content (AvgIpc) is 3.12. The molecule has 0 bridgehead atoms. The van der Waals surface area contributed by atoms with Gasteiger partial charge in [0.05, 0.1) is 10.2 Å². The molecule has 3 aromatic rings. The number of anilines is 1. The summed E-state index contributed by atoms with van der Waals surface area (Å²) in [4.78, 5) is 12.4. The minimum absolute atomic E-state index is 0.0534. The lowest BCUT2D eigenvalue weighted by Crippen LogP contribution is -2.15. The SMILES string of the molecule is Cc1ccc(NC(=O)c2ccn(COc3ccc(Cl)cc3Br)n2)c(OC(F)F)c1. The number of nitrogens with zero attached hydrogens (tertiary/aromatic N) is 2. The molecule has 1 amide bonds. The van der Waals surface area contributed by atoms with Gasteiger partial charge in [0.1, 0.15) is 11.5 Å². The van der Waals surface area contributed by atoms with Crippen LogP contribution in [0.25, 0.3) is 0 Å². The maximum atomic E-state index is 12.6. The molecule has 1 N–H and O–H groups in total. The Kier molecular flexibility index (Phi) is 6.71. The fourth-order valence-corrected chi connectivity index (χ4v) is 3.19. The molecule has 3 rings (SSSR count). The highest BCUT2D eigenvalue weighted by Crippen LogP contribution is 2.29. The van der Waals surface area contributed by atoms with Gasteiger partial charge >= 0.3 is 6.61 Å². The van der Waals surface area contributed by atoms with Crippen molar-refractivity contribution in [3.63, 3.8) is 0 Å². The summed E-state index contributed by atoms with van der Waals surface area (Å²) in [5.41, 5.74) is 0.928. The number of amides is 1. The predicted molar refractivity (Wildman–Crippen MR) is 108 cm³/mol. The van der Waals surface area contributed by atoms with Crippen LogP contribution in [0.3, 0.4) is 0 Å². The van der Waals surface area contributed by atoms with Gasteiger partial charge in [-0.25, -0.2) is 4.68 Å². The molecule has 0 unspecified atom stereocenters. The fourth-order valence-electron chi connectivity index (χ4n) is 2.40. The van der Waals surface area contributed by atoms with Crippen LogP contribution in [0.2, 0.25) is 5.02 Å². The van der Waals surface area contributed by atoms with E-state index in [4.69, 9.17) is 16.3 Å². The van der Waals surface area contributed by atoms with Crippen molar-refractivity contribution in [2.75, 3.05) is 5.32 Å². The zero-order valence-corrected chi connectivity index (χ0v) is 17.4. The maximum absolute atomic E-state index is 12.6. The van der Waals surface area contributed by atoms with E-state index in [1.54, 1.807) is 37.4 Å². The Hall–Kier alpha value is -2.65. The molecule has 0 radical (unpaired) electrons. The predicted octanol–water partition coefficient (Wildman–Crippen LogP) is 5.50. The molecular weight excluding hydrogens is 472 g/mol. The first-order valence-electron chi connectivity index (χ1n) is 8.30. The molecule has 0 spiro atoms. The average molecular weight is 487 g/mol. The lowest BCUT2D eigenvalue weighted by Gasteiger charge is -2.12. The van der Waals surface area contributed by atoms with Gasteiger partial charge in [0.2, 0.25) is 0 Å². The summed E-state index contributed by atoms with van der Waals surface area (Å²) < 4.78 is 37.4. The summed E-state index contributed by atoms with van der Waals surface area (Å²) in [6.07, 6.45) is 1.56. The monoisotopic (exact) mass is 485 g/mol. The van der Waals surface area contributed by atoms with Gasteiger partial charge in [0, 0.05) is 11.2 Å². The molecule has 1 heterocycles. The van der Waals surface area contributed by atoms with Crippen LogP contribution in [-0.2, 0) is 6.73 Å². The Balaban J connectivity index is 1.66. The van der Waals surface area contributed by atoms with Crippen LogP contribution < -0.4 is 14.8 Å². The molecule has 6 nitrogen and oxygen atoms in total. The van der Waals surface area contributed by atoms with Gasteiger partial charge in [0.15, 0.2) is 12.4 Å². The Morgan fingerprint density at radius 3 is 2.76 bits per heavy atom. The van der Waals surface area contributed by atoms with Crippen LogP contribution in [0.1, 0.15) is 16.1 Å². The molecule has 0 fully saturated rings. The number of hydrogen-bond acceptors (Lipinski definition) is 4. The number of benzene rings is 2. The molecule has 152 valence electrons. The highest BCUT2D eigenvalue weighted by atomic mass is 79.9. The zero-order valence-electron chi connectivity index (χ0n) is 15.0. The van der Waals surface area contributed by atoms with Crippen LogP contribution >= 0.6 is 27.5 Å². The molecule has 0 saturated carbocycles. The molecule has 10 heteroatoms. The highest BCUT2D eigenvalue weighted by molar-refractivity contribution is 9.10. The number of aromatic nitrogens is 2. The zero-order chi connectivity index (χ0) is 21.0. The van der Waals surface area contributed by atoms with Crippen molar-refractivity contribution >= 4 is 39.1 Å². The van der Waals surface area contributed by atoms with E-state index in [0.717, 1.165) is 0 Å². The molecule has 0 atom stereocenters. The van der Waals surface area contributed by atoms with E-state index < -0.39 is 12.5 Å². The molecule has 0 aliphatic heterocycles. The molecular formula is C19H15BrClF2N3O3. The van der Waals surface area contributed by atoms with E-state index in [2.05, 4.69) is 31.1 Å².